The third-order valence-electron chi connectivity index (χ3n) is 9.97. The van der Waals surface area contributed by atoms with E-state index in [1.165, 1.54) is 66.9 Å². The van der Waals surface area contributed by atoms with Crippen LogP contribution in [0.4, 0.5) is 0 Å². The molecule has 1 heteroatoms. The van der Waals surface area contributed by atoms with E-state index in [1.807, 2.05) is 6.07 Å². The number of fused-ring (bicyclic) bond motifs is 8. The van der Waals surface area contributed by atoms with Gasteiger partial charge < -0.3 is 4.42 Å². The van der Waals surface area contributed by atoms with Crippen LogP contribution in [-0.2, 0) is 0 Å². The number of allylic oxidation sites excluding steroid dienone is 1. The minimum Gasteiger partial charge on any atom is -0.455 e. The van der Waals surface area contributed by atoms with Crippen molar-refractivity contribution in [3.63, 3.8) is 0 Å². The quantitative estimate of drug-likeness (QED) is 0.209. The number of benzene rings is 7. The van der Waals surface area contributed by atoms with E-state index in [9.17, 15) is 0 Å². The van der Waals surface area contributed by atoms with Gasteiger partial charge in [0.2, 0.25) is 0 Å². The molecule has 1 fully saturated rings. The summed E-state index contributed by atoms with van der Waals surface area (Å²) in [6.45, 7) is 0. The lowest BCUT2D eigenvalue weighted by molar-refractivity contribution is 0.670. The summed E-state index contributed by atoms with van der Waals surface area (Å²) < 4.78 is 6.56. The van der Waals surface area contributed by atoms with Crippen LogP contribution in [0.1, 0.15) is 23.5 Å². The van der Waals surface area contributed by atoms with Crippen molar-refractivity contribution in [3.8, 4) is 33.4 Å². The Bertz CT molecular complexity index is 2490. The second-order valence-electron chi connectivity index (χ2n) is 12.3. The van der Waals surface area contributed by atoms with E-state index in [0.29, 0.717) is 11.8 Å². The molecule has 44 heavy (non-hydrogen) atoms. The van der Waals surface area contributed by atoms with Gasteiger partial charge in [0.15, 0.2) is 0 Å². The maximum atomic E-state index is 6.56. The van der Waals surface area contributed by atoms with Gasteiger partial charge in [-0.3, -0.25) is 0 Å². The predicted octanol–water partition coefficient (Wildman–Crippen LogP) is 12.0. The number of furan rings is 1. The molecule has 8 aromatic rings. The predicted molar refractivity (Wildman–Crippen MR) is 185 cm³/mol. The van der Waals surface area contributed by atoms with Crippen LogP contribution in [0.3, 0.4) is 0 Å². The van der Waals surface area contributed by atoms with Crippen molar-refractivity contribution in [2.24, 2.45) is 5.92 Å². The molecule has 1 heterocycles. The molecule has 2 aliphatic carbocycles. The smallest absolute Gasteiger partial charge is 0.143 e. The Morgan fingerprint density at radius 3 is 1.98 bits per heavy atom. The summed E-state index contributed by atoms with van der Waals surface area (Å²) in [5, 5.41) is 7.55. The van der Waals surface area contributed by atoms with Crippen molar-refractivity contribution < 1.29 is 4.42 Å². The number of rotatable bonds is 3. The SMILES string of the molecule is C1=CC2CC2c2c1c(-c1ccccc1-c1cccc3c1oc1ccccc13)c1ccccc1c2-c1cccc2ccccc12. The molecule has 0 amide bonds. The Labute approximate surface area is 255 Å². The van der Waals surface area contributed by atoms with Crippen molar-refractivity contribution in [1.82, 2.24) is 0 Å². The van der Waals surface area contributed by atoms with Crippen LogP contribution >= 0.6 is 0 Å². The highest BCUT2D eigenvalue weighted by Crippen LogP contribution is 2.59. The monoisotopic (exact) mass is 560 g/mol. The molecule has 0 spiro atoms. The molecule has 7 aromatic carbocycles. The first-order valence-corrected chi connectivity index (χ1v) is 15.6. The van der Waals surface area contributed by atoms with E-state index >= 15 is 0 Å². The Balaban J connectivity index is 1.32. The zero-order valence-corrected chi connectivity index (χ0v) is 24.1. The third-order valence-corrected chi connectivity index (χ3v) is 9.97. The Morgan fingerprint density at radius 1 is 0.477 bits per heavy atom. The summed E-state index contributed by atoms with van der Waals surface area (Å²) >= 11 is 0. The topological polar surface area (TPSA) is 13.1 Å². The van der Waals surface area contributed by atoms with Crippen LogP contribution in [0.15, 0.2) is 144 Å². The van der Waals surface area contributed by atoms with Gasteiger partial charge in [0.25, 0.3) is 0 Å². The minimum absolute atomic E-state index is 0.554. The maximum absolute atomic E-state index is 6.56. The number of hydrogen-bond acceptors (Lipinski definition) is 1. The average molecular weight is 561 g/mol. The molecule has 0 N–H and O–H groups in total. The van der Waals surface area contributed by atoms with Gasteiger partial charge in [-0.25, -0.2) is 0 Å². The van der Waals surface area contributed by atoms with Gasteiger partial charge in [0, 0.05) is 16.3 Å². The van der Waals surface area contributed by atoms with Crippen LogP contribution in [-0.4, -0.2) is 0 Å². The van der Waals surface area contributed by atoms with Crippen LogP contribution in [0.25, 0.3) is 82.9 Å². The van der Waals surface area contributed by atoms with Gasteiger partial charge in [-0.15, -0.1) is 0 Å². The van der Waals surface area contributed by atoms with Crippen molar-refractivity contribution >= 4 is 49.6 Å². The van der Waals surface area contributed by atoms with E-state index in [-0.39, 0.29) is 0 Å². The normalized spacial score (nSPS) is 16.9. The Hall–Kier alpha value is -5.40. The van der Waals surface area contributed by atoms with E-state index in [0.717, 1.165) is 27.5 Å². The largest absolute Gasteiger partial charge is 0.455 e. The molecule has 206 valence electrons. The molecule has 0 saturated heterocycles. The van der Waals surface area contributed by atoms with Crippen LogP contribution in [0, 0.1) is 5.92 Å². The summed E-state index contributed by atoms with van der Waals surface area (Å²) in [4.78, 5) is 0. The molecule has 2 aliphatic rings. The van der Waals surface area contributed by atoms with Gasteiger partial charge in [0.05, 0.1) is 0 Å². The molecule has 10 rings (SSSR count). The van der Waals surface area contributed by atoms with E-state index in [4.69, 9.17) is 4.42 Å². The summed E-state index contributed by atoms with van der Waals surface area (Å²) in [5.74, 6) is 1.18. The summed E-state index contributed by atoms with van der Waals surface area (Å²) in [5.41, 5.74) is 12.4. The van der Waals surface area contributed by atoms with Crippen molar-refractivity contribution in [1.29, 1.82) is 0 Å². The van der Waals surface area contributed by atoms with Crippen molar-refractivity contribution in [2.75, 3.05) is 0 Å². The average Bonchev–Trinajstić information content (AvgIpc) is 3.79. The van der Waals surface area contributed by atoms with Gasteiger partial charge in [0.1, 0.15) is 11.2 Å². The second-order valence-corrected chi connectivity index (χ2v) is 12.3. The highest BCUT2D eigenvalue weighted by atomic mass is 16.3. The molecule has 0 radical (unpaired) electrons. The van der Waals surface area contributed by atoms with Crippen LogP contribution < -0.4 is 0 Å². The zero-order valence-electron chi connectivity index (χ0n) is 24.1. The highest BCUT2D eigenvalue weighted by molar-refractivity contribution is 6.16. The Kier molecular flexibility index (Phi) is 4.95. The maximum Gasteiger partial charge on any atom is 0.143 e. The molecule has 0 bridgehead atoms. The summed E-state index contributed by atoms with van der Waals surface area (Å²) in [6, 6.07) is 48.5. The first-order valence-electron chi connectivity index (χ1n) is 15.6. The minimum atomic E-state index is 0.554. The van der Waals surface area contributed by atoms with Gasteiger partial charge in [-0.05, 0) is 84.8 Å². The molecular formula is C43H28O. The van der Waals surface area contributed by atoms with Crippen LogP contribution in [0.5, 0.6) is 0 Å². The fourth-order valence-corrected chi connectivity index (χ4v) is 7.93. The lowest BCUT2D eigenvalue weighted by atomic mass is 9.78. The van der Waals surface area contributed by atoms with Gasteiger partial charge in [-0.1, -0.05) is 140 Å². The van der Waals surface area contributed by atoms with E-state index in [1.54, 1.807) is 0 Å². The lowest BCUT2D eigenvalue weighted by Crippen LogP contribution is -2.03. The van der Waals surface area contributed by atoms with E-state index in [2.05, 4.69) is 140 Å². The van der Waals surface area contributed by atoms with Gasteiger partial charge >= 0.3 is 0 Å². The molecule has 0 aliphatic heterocycles. The molecule has 1 aromatic heterocycles. The first-order chi connectivity index (χ1) is 21.8. The fraction of sp³-hybridized carbons (Fsp3) is 0.0698. The summed E-state index contributed by atoms with van der Waals surface area (Å²) in [7, 11) is 0. The number of para-hydroxylation sites is 2. The van der Waals surface area contributed by atoms with Crippen molar-refractivity contribution in [3.05, 3.63) is 151 Å². The molecule has 2 atom stereocenters. The Morgan fingerprint density at radius 2 is 1.09 bits per heavy atom. The fourth-order valence-electron chi connectivity index (χ4n) is 7.93. The van der Waals surface area contributed by atoms with Crippen molar-refractivity contribution in [2.45, 2.75) is 12.3 Å². The lowest BCUT2D eigenvalue weighted by Gasteiger charge is -2.25. The highest BCUT2D eigenvalue weighted by Gasteiger charge is 2.43. The zero-order chi connectivity index (χ0) is 28.8. The van der Waals surface area contributed by atoms with Gasteiger partial charge in [-0.2, -0.15) is 0 Å². The third kappa shape index (κ3) is 3.35. The second kappa shape index (κ2) is 9.05. The molecule has 1 nitrogen and oxygen atoms in total. The molecular weight excluding hydrogens is 532 g/mol. The first kappa shape index (κ1) is 24.1. The van der Waals surface area contributed by atoms with Crippen LogP contribution in [0.2, 0.25) is 0 Å². The summed E-state index contributed by atoms with van der Waals surface area (Å²) in [6.07, 6.45) is 6.11. The van der Waals surface area contributed by atoms with E-state index < -0.39 is 0 Å². The standard InChI is InChI=1S/C43H28O/c1-2-13-28-26(11-1)12-9-19-31(28)41-34-18-6-5-17-33(34)40(37-24-23-27-25-38(27)42(37)41)32-16-4-3-14-29(32)35-20-10-21-36-30-15-7-8-22-39(30)44-43(35)36/h1-24,27,38H,25H2. The molecule has 1 saturated carbocycles. The number of hydrogen-bond donors (Lipinski definition) is 0. The molecule has 2 unspecified atom stereocenters.